The SMILES string of the molecule is [2H]N[C@H](C)C(=O)N(CC=O)c1ccccc1. The molecular weight excluding hydrogens is 192 g/mol. The van der Waals surface area contributed by atoms with E-state index in [0.717, 1.165) is 0 Å². The molecule has 0 aromatic heterocycles. The highest BCUT2D eigenvalue weighted by molar-refractivity contribution is 5.98. The summed E-state index contributed by atoms with van der Waals surface area (Å²) in [5.41, 5.74) is 2.77. The van der Waals surface area contributed by atoms with E-state index in [2.05, 4.69) is 5.73 Å². The van der Waals surface area contributed by atoms with Crippen molar-refractivity contribution in [1.82, 2.24) is 0 Å². The number of hydrogen-bond acceptors (Lipinski definition) is 3. The number of amides is 1. The van der Waals surface area contributed by atoms with Gasteiger partial charge in [-0.15, -0.1) is 0 Å². The van der Waals surface area contributed by atoms with Gasteiger partial charge in [0.1, 0.15) is 7.70 Å². The summed E-state index contributed by atoms with van der Waals surface area (Å²) < 4.78 is 6.94. The summed E-state index contributed by atoms with van der Waals surface area (Å²) in [6.45, 7) is 1.57. The maximum Gasteiger partial charge on any atom is 0.244 e. The van der Waals surface area contributed by atoms with E-state index in [1.807, 2.05) is 6.07 Å². The summed E-state index contributed by atoms with van der Waals surface area (Å²) in [5, 5.41) is 0. The van der Waals surface area contributed by atoms with Gasteiger partial charge in [0.25, 0.3) is 0 Å². The molecule has 15 heavy (non-hydrogen) atoms. The molecule has 0 spiro atoms. The number of rotatable bonds is 5. The number of nitrogens with zero attached hydrogens (tertiary/aromatic N) is 1. The molecule has 4 nitrogen and oxygen atoms in total. The third-order valence-corrected chi connectivity index (χ3v) is 1.96. The number of nitrogens with two attached hydrogens (primary N) is 1. The second kappa shape index (κ2) is 5.26. The van der Waals surface area contributed by atoms with E-state index in [1.54, 1.807) is 31.2 Å². The number of carbonyl (C=O) groups is 2. The fraction of sp³-hybridized carbons (Fsp3) is 0.273. The average Bonchev–Trinajstić information content (AvgIpc) is 2.35. The van der Waals surface area contributed by atoms with Crippen LogP contribution < -0.4 is 10.6 Å². The largest absolute Gasteiger partial charge is 0.320 e. The second-order valence-electron chi connectivity index (χ2n) is 3.17. The van der Waals surface area contributed by atoms with Crippen molar-refractivity contribution < 1.29 is 11.0 Å². The van der Waals surface area contributed by atoms with E-state index >= 15 is 0 Å². The van der Waals surface area contributed by atoms with Gasteiger partial charge in [0.2, 0.25) is 5.91 Å². The van der Waals surface area contributed by atoms with E-state index in [9.17, 15) is 9.59 Å². The minimum atomic E-state index is -0.639. The van der Waals surface area contributed by atoms with Gasteiger partial charge < -0.3 is 15.4 Å². The molecule has 0 saturated heterocycles. The van der Waals surface area contributed by atoms with Crippen LogP contribution in [0.15, 0.2) is 30.3 Å². The molecule has 0 aliphatic heterocycles. The minimum Gasteiger partial charge on any atom is -0.320 e. The van der Waals surface area contributed by atoms with Crippen molar-refractivity contribution in [2.45, 2.75) is 13.0 Å². The van der Waals surface area contributed by atoms with Crippen LogP contribution in [0.3, 0.4) is 0 Å². The van der Waals surface area contributed by atoms with Gasteiger partial charge >= 0.3 is 0 Å². The zero-order valence-corrected chi connectivity index (χ0v) is 8.51. The van der Waals surface area contributed by atoms with Crippen molar-refractivity contribution in [1.29, 1.82) is 0 Å². The third-order valence-electron chi connectivity index (χ3n) is 1.96. The number of para-hydroxylation sites is 1. The molecule has 4 heteroatoms. The van der Waals surface area contributed by atoms with Crippen molar-refractivity contribution in [2.75, 3.05) is 11.4 Å². The van der Waals surface area contributed by atoms with Gasteiger partial charge in [0, 0.05) is 5.69 Å². The highest BCUT2D eigenvalue weighted by atomic mass is 16.2. The first-order chi connectivity index (χ1) is 7.70. The lowest BCUT2D eigenvalue weighted by molar-refractivity contribution is -0.120. The highest BCUT2D eigenvalue weighted by Crippen LogP contribution is 2.13. The summed E-state index contributed by atoms with van der Waals surface area (Å²) >= 11 is 0. The topological polar surface area (TPSA) is 63.4 Å². The average molecular weight is 207 g/mol. The predicted molar refractivity (Wildman–Crippen MR) is 58.5 cm³/mol. The van der Waals surface area contributed by atoms with E-state index in [4.69, 9.17) is 1.41 Å². The summed E-state index contributed by atoms with van der Waals surface area (Å²) in [6.07, 6.45) is 0.668. The van der Waals surface area contributed by atoms with Gasteiger partial charge in [-0.05, 0) is 19.1 Å². The van der Waals surface area contributed by atoms with Crippen LogP contribution >= 0.6 is 0 Å². The van der Waals surface area contributed by atoms with E-state index in [1.165, 1.54) is 4.90 Å². The van der Waals surface area contributed by atoms with Crippen LogP contribution in [0.2, 0.25) is 1.41 Å². The van der Waals surface area contributed by atoms with Gasteiger partial charge in [-0.3, -0.25) is 4.79 Å². The van der Waals surface area contributed by atoms with Crippen LogP contribution in [-0.2, 0) is 9.59 Å². The molecule has 1 aromatic rings. The van der Waals surface area contributed by atoms with Crippen LogP contribution in [0.5, 0.6) is 0 Å². The number of carbonyl (C=O) groups excluding carboxylic acids is 2. The highest BCUT2D eigenvalue weighted by Gasteiger charge is 2.18. The Hall–Kier alpha value is -1.68. The Kier molecular flexibility index (Phi) is 3.46. The van der Waals surface area contributed by atoms with Crippen LogP contribution in [0.1, 0.15) is 6.92 Å². The number of aldehydes is 1. The number of benzene rings is 1. The van der Waals surface area contributed by atoms with E-state index in [-0.39, 0.29) is 12.5 Å². The molecule has 2 N–H and O–H groups in total. The monoisotopic (exact) mass is 207 g/mol. The van der Waals surface area contributed by atoms with Gasteiger partial charge in [-0.25, -0.2) is 0 Å². The number of hydrogen-bond donors (Lipinski definition) is 1. The first kappa shape index (κ1) is 9.86. The van der Waals surface area contributed by atoms with Gasteiger partial charge in [0.05, 0.1) is 12.6 Å². The van der Waals surface area contributed by atoms with Crippen molar-refractivity contribution in [2.24, 2.45) is 5.73 Å². The Labute approximate surface area is 90.1 Å². The fourth-order valence-electron chi connectivity index (χ4n) is 1.24. The molecule has 1 amide bonds. The maximum atomic E-state index is 11.8. The zero-order chi connectivity index (χ0) is 12.0. The van der Waals surface area contributed by atoms with E-state index in [0.29, 0.717) is 12.0 Å². The van der Waals surface area contributed by atoms with Crippen molar-refractivity contribution in [3.05, 3.63) is 30.3 Å². The summed E-state index contributed by atoms with van der Waals surface area (Å²) in [7, 11) is 0. The lowest BCUT2D eigenvalue weighted by atomic mass is 10.2. The lowest BCUT2D eigenvalue weighted by Crippen LogP contribution is -2.43. The predicted octanol–water partition coefficient (Wildman–Crippen LogP) is 0.566. The fourth-order valence-corrected chi connectivity index (χ4v) is 1.24. The maximum absolute atomic E-state index is 11.8. The lowest BCUT2D eigenvalue weighted by Gasteiger charge is -2.22. The van der Waals surface area contributed by atoms with Crippen LogP contribution in [0, 0.1) is 0 Å². The van der Waals surface area contributed by atoms with Gasteiger partial charge in [0.15, 0.2) is 0 Å². The molecule has 80 valence electrons. The summed E-state index contributed by atoms with van der Waals surface area (Å²) in [6, 6.07) is 8.27. The standard InChI is InChI=1S/C11H14N2O2/c1-9(12)11(15)13(7-8-14)10-5-3-2-4-6-10/h2-6,8-9H,7,12H2,1H3/t9-/m1/s1/i/hD. The Morgan fingerprint density at radius 1 is 1.60 bits per heavy atom. The molecule has 0 radical (unpaired) electrons. The minimum absolute atomic E-state index is 0.00509. The zero-order valence-electron chi connectivity index (χ0n) is 9.51. The normalized spacial score (nSPS) is 12.7. The van der Waals surface area contributed by atoms with Crippen LogP contribution in [0.25, 0.3) is 0 Å². The Morgan fingerprint density at radius 3 is 2.80 bits per heavy atom. The Balaban J connectivity index is 2.91. The molecule has 0 unspecified atom stereocenters. The summed E-state index contributed by atoms with van der Waals surface area (Å²) in [4.78, 5) is 23.7. The Morgan fingerprint density at radius 2 is 2.27 bits per heavy atom. The first-order valence-corrected chi connectivity index (χ1v) is 4.68. The Bertz CT molecular complexity index is 356. The number of anilines is 1. The molecule has 0 heterocycles. The molecule has 1 aromatic carbocycles. The van der Waals surface area contributed by atoms with Gasteiger partial charge in [-0.2, -0.15) is 0 Å². The van der Waals surface area contributed by atoms with Crippen LogP contribution in [-0.4, -0.2) is 24.8 Å². The quantitative estimate of drug-likeness (QED) is 0.718. The molecular formula is C11H14N2O2. The van der Waals surface area contributed by atoms with Crippen molar-refractivity contribution >= 4 is 17.9 Å². The second-order valence-corrected chi connectivity index (χ2v) is 3.17. The molecule has 0 saturated carbocycles. The molecule has 0 bridgehead atoms. The summed E-state index contributed by atoms with van der Waals surface area (Å²) in [5.74, 6) is -0.298. The molecule has 0 aliphatic rings. The van der Waals surface area contributed by atoms with Gasteiger partial charge in [-0.1, -0.05) is 18.2 Å². The smallest absolute Gasteiger partial charge is 0.244 e. The molecule has 1 rings (SSSR count). The van der Waals surface area contributed by atoms with E-state index < -0.39 is 6.04 Å². The van der Waals surface area contributed by atoms with Crippen molar-refractivity contribution in [3.8, 4) is 0 Å². The molecule has 0 aliphatic carbocycles. The van der Waals surface area contributed by atoms with Crippen molar-refractivity contribution in [3.63, 3.8) is 0 Å². The molecule has 1 atom stereocenters. The third kappa shape index (κ3) is 2.89. The molecule has 0 fully saturated rings. The first-order valence-electron chi connectivity index (χ1n) is 5.18. The van der Waals surface area contributed by atoms with Crippen LogP contribution in [0.4, 0.5) is 5.69 Å².